The molecule has 0 aliphatic rings. The zero-order valence-electron chi connectivity index (χ0n) is 13.6. The summed E-state index contributed by atoms with van der Waals surface area (Å²) in [6.07, 6.45) is 7.48. The van der Waals surface area contributed by atoms with Crippen LogP contribution in [0.2, 0.25) is 0 Å². The van der Waals surface area contributed by atoms with E-state index in [9.17, 15) is 4.39 Å². The highest BCUT2D eigenvalue weighted by Crippen LogP contribution is 2.25. The first-order chi connectivity index (χ1) is 12.7. The van der Waals surface area contributed by atoms with Gasteiger partial charge in [-0.3, -0.25) is 14.5 Å². The number of benzene rings is 1. The van der Waals surface area contributed by atoms with Crippen LogP contribution in [0.3, 0.4) is 0 Å². The quantitative estimate of drug-likeness (QED) is 0.505. The summed E-state index contributed by atoms with van der Waals surface area (Å²) in [6, 6.07) is 6.45. The largest absolute Gasteiger partial charge is 0.303 e. The maximum absolute atomic E-state index is 13.4. The van der Waals surface area contributed by atoms with Gasteiger partial charge in [-0.2, -0.15) is 5.10 Å². The topological polar surface area (TPSA) is 83.8 Å². The van der Waals surface area contributed by atoms with Crippen molar-refractivity contribution in [1.29, 1.82) is 0 Å². The lowest BCUT2D eigenvalue weighted by molar-refractivity contribution is 0.513. The maximum Gasteiger partial charge on any atom is 0.183 e. The summed E-state index contributed by atoms with van der Waals surface area (Å²) in [4.78, 5) is 4.52. The van der Waals surface area contributed by atoms with E-state index in [4.69, 9.17) is 0 Å². The van der Waals surface area contributed by atoms with Crippen LogP contribution >= 0.6 is 15.9 Å². The van der Waals surface area contributed by atoms with Crippen molar-refractivity contribution in [2.24, 2.45) is 0 Å². The van der Waals surface area contributed by atoms with Crippen molar-refractivity contribution in [3.05, 3.63) is 76.4 Å². The van der Waals surface area contributed by atoms with Crippen molar-refractivity contribution in [3.63, 3.8) is 0 Å². The zero-order chi connectivity index (χ0) is 17.9. The lowest BCUT2D eigenvalue weighted by Crippen LogP contribution is -2.25. The molecule has 3 heterocycles. The van der Waals surface area contributed by atoms with Gasteiger partial charge in [0.15, 0.2) is 5.65 Å². The third kappa shape index (κ3) is 3.49. The third-order valence-electron chi connectivity index (χ3n) is 4.11. The molecule has 0 radical (unpaired) electrons. The molecule has 1 unspecified atom stereocenters. The van der Waals surface area contributed by atoms with Crippen LogP contribution < -0.4 is 5.32 Å². The molecule has 0 saturated heterocycles. The van der Waals surface area contributed by atoms with Gasteiger partial charge >= 0.3 is 0 Å². The van der Waals surface area contributed by atoms with Gasteiger partial charge in [-0.25, -0.2) is 4.39 Å². The third-order valence-corrected chi connectivity index (χ3v) is 4.85. The molecule has 2 N–H and O–H groups in total. The SMILES string of the molecule is Fc1ccc(CC(NCc2ccn[nH]2)c2nccn3cnnc23)c(Br)c1. The number of aromatic nitrogens is 6. The van der Waals surface area contributed by atoms with E-state index in [0.717, 1.165) is 21.4 Å². The van der Waals surface area contributed by atoms with Gasteiger partial charge in [0.2, 0.25) is 0 Å². The minimum atomic E-state index is -0.278. The molecule has 132 valence electrons. The Bertz CT molecular complexity index is 1020. The second-order valence-corrected chi connectivity index (χ2v) is 6.68. The van der Waals surface area contributed by atoms with Crippen molar-refractivity contribution < 1.29 is 4.39 Å². The predicted molar refractivity (Wildman–Crippen MR) is 96.8 cm³/mol. The van der Waals surface area contributed by atoms with Gasteiger partial charge in [0.05, 0.1) is 6.04 Å². The molecule has 0 aliphatic carbocycles. The normalized spacial score (nSPS) is 12.5. The molecule has 0 spiro atoms. The van der Waals surface area contributed by atoms with Crippen molar-refractivity contribution >= 4 is 21.6 Å². The number of fused-ring (bicyclic) bond motifs is 1. The molecule has 4 rings (SSSR count). The lowest BCUT2D eigenvalue weighted by atomic mass is 10.0. The number of rotatable bonds is 6. The maximum atomic E-state index is 13.4. The summed E-state index contributed by atoms with van der Waals surface area (Å²) in [5.41, 5.74) is 3.40. The van der Waals surface area contributed by atoms with Crippen LogP contribution in [-0.2, 0) is 13.0 Å². The predicted octanol–water partition coefficient (Wildman–Crippen LogP) is 2.82. The first-order valence-electron chi connectivity index (χ1n) is 8.00. The number of halogens is 2. The zero-order valence-corrected chi connectivity index (χ0v) is 15.2. The van der Waals surface area contributed by atoms with Gasteiger partial charge < -0.3 is 5.32 Å². The Kier molecular flexibility index (Phi) is 4.72. The molecule has 3 aromatic heterocycles. The Labute approximate surface area is 156 Å². The number of hydrogen-bond acceptors (Lipinski definition) is 5. The molecule has 26 heavy (non-hydrogen) atoms. The van der Waals surface area contributed by atoms with Gasteiger partial charge in [0, 0.05) is 35.3 Å². The Balaban J connectivity index is 1.67. The standard InChI is InChI=1S/C17H15BrFN7/c18-14-8-12(19)2-1-11(14)7-15(21-9-13-3-4-22-24-13)16-17-25-23-10-26(17)6-5-20-16/h1-6,8,10,15,21H,7,9H2,(H,22,24). The summed E-state index contributed by atoms with van der Waals surface area (Å²) in [5, 5.41) is 18.5. The first kappa shape index (κ1) is 16.8. The molecule has 9 heteroatoms. The molecule has 0 saturated carbocycles. The van der Waals surface area contributed by atoms with Crippen LogP contribution in [0, 0.1) is 5.82 Å². The fraction of sp³-hybridized carbons (Fsp3) is 0.176. The molecule has 1 aromatic carbocycles. The van der Waals surface area contributed by atoms with Crippen LogP contribution in [0.1, 0.15) is 23.0 Å². The highest BCUT2D eigenvalue weighted by molar-refractivity contribution is 9.10. The average molecular weight is 416 g/mol. The number of aromatic amines is 1. The number of hydrogen-bond donors (Lipinski definition) is 2. The molecular formula is C17H15BrFN7. The van der Waals surface area contributed by atoms with E-state index in [1.54, 1.807) is 31.0 Å². The van der Waals surface area contributed by atoms with E-state index >= 15 is 0 Å². The Morgan fingerprint density at radius 2 is 2.19 bits per heavy atom. The van der Waals surface area contributed by atoms with Crippen LogP contribution in [-0.4, -0.2) is 29.8 Å². The molecule has 4 aromatic rings. The first-order valence-corrected chi connectivity index (χ1v) is 8.80. The second kappa shape index (κ2) is 7.30. The van der Waals surface area contributed by atoms with Crippen molar-refractivity contribution in [2.75, 3.05) is 0 Å². The van der Waals surface area contributed by atoms with E-state index in [1.165, 1.54) is 12.1 Å². The van der Waals surface area contributed by atoms with E-state index in [-0.39, 0.29) is 11.9 Å². The van der Waals surface area contributed by atoms with Crippen molar-refractivity contribution in [1.82, 2.24) is 35.1 Å². The summed E-state index contributed by atoms with van der Waals surface area (Å²) in [6.45, 7) is 0.584. The van der Waals surface area contributed by atoms with Crippen molar-refractivity contribution in [2.45, 2.75) is 19.0 Å². The molecule has 1 atom stereocenters. The Hall–Kier alpha value is -2.65. The highest BCUT2D eigenvalue weighted by atomic mass is 79.9. The molecule has 0 bridgehead atoms. The van der Waals surface area contributed by atoms with Crippen molar-refractivity contribution in [3.8, 4) is 0 Å². The van der Waals surface area contributed by atoms with E-state index in [1.807, 2.05) is 10.5 Å². The smallest absolute Gasteiger partial charge is 0.183 e. The fourth-order valence-electron chi connectivity index (χ4n) is 2.81. The highest BCUT2D eigenvalue weighted by Gasteiger charge is 2.19. The van der Waals surface area contributed by atoms with Gasteiger partial charge in [0.25, 0.3) is 0 Å². The van der Waals surface area contributed by atoms with Gasteiger partial charge in [0.1, 0.15) is 17.8 Å². The monoisotopic (exact) mass is 415 g/mol. The van der Waals surface area contributed by atoms with Crippen LogP contribution in [0.4, 0.5) is 4.39 Å². The lowest BCUT2D eigenvalue weighted by Gasteiger charge is -2.19. The molecule has 0 amide bonds. The molecular weight excluding hydrogens is 401 g/mol. The summed E-state index contributed by atoms with van der Waals surface area (Å²) in [5.74, 6) is -0.278. The second-order valence-electron chi connectivity index (χ2n) is 5.83. The van der Waals surface area contributed by atoms with Gasteiger partial charge in [-0.1, -0.05) is 22.0 Å². The summed E-state index contributed by atoms with van der Waals surface area (Å²) >= 11 is 3.44. The van der Waals surface area contributed by atoms with E-state index < -0.39 is 0 Å². The molecule has 7 nitrogen and oxygen atoms in total. The van der Waals surface area contributed by atoms with Gasteiger partial charge in [-0.05, 0) is 30.2 Å². The Morgan fingerprint density at radius 3 is 3.00 bits per heavy atom. The van der Waals surface area contributed by atoms with Crippen LogP contribution in [0.15, 0.2) is 53.7 Å². The van der Waals surface area contributed by atoms with Gasteiger partial charge in [-0.15, -0.1) is 10.2 Å². The number of nitrogens with one attached hydrogen (secondary N) is 2. The van der Waals surface area contributed by atoms with E-state index in [2.05, 4.69) is 46.6 Å². The minimum absolute atomic E-state index is 0.145. The van der Waals surface area contributed by atoms with E-state index in [0.29, 0.717) is 18.6 Å². The number of nitrogens with zero attached hydrogens (tertiary/aromatic N) is 5. The summed E-state index contributed by atoms with van der Waals surface area (Å²) in [7, 11) is 0. The fourth-order valence-corrected chi connectivity index (χ4v) is 3.33. The molecule has 0 aliphatic heterocycles. The van der Waals surface area contributed by atoms with Crippen LogP contribution in [0.5, 0.6) is 0 Å². The minimum Gasteiger partial charge on any atom is -0.303 e. The number of H-pyrrole nitrogens is 1. The summed E-state index contributed by atoms with van der Waals surface area (Å²) < 4.78 is 16.0. The molecule has 0 fully saturated rings. The van der Waals surface area contributed by atoms with Crippen LogP contribution in [0.25, 0.3) is 5.65 Å². The Morgan fingerprint density at radius 1 is 1.27 bits per heavy atom. The average Bonchev–Trinajstić information content (AvgIpc) is 3.31.